The third-order valence-electron chi connectivity index (χ3n) is 4.35. The van der Waals surface area contributed by atoms with Crippen LogP contribution in [0.5, 0.6) is 0 Å². The number of nitrogens with one attached hydrogen (secondary N) is 1. The molecule has 1 fully saturated rings. The van der Waals surface area contributed by atoms with Gasteiger partial charge in [-0.05, 0) is 32.8 Å². The van der Waals surface area contributed by atoms with E-state index in [0.29, 0.717) is 6.54 Å². The third kappa shape index (κ3) is 3.96. The maximum absolute atomic E-state index is 13.0. The fraction of sp³-hybridized carbons (Fsp3) is 0.733. The molecule has 1 saturated heterocycles. The van der Waals surface area contributed by atoms with E-state index in [-0.39, 0.29) is 32.0 Å². The number of nitrogens with zero attached hydrogens (tertiary/aromatic N) is 3. The van der Waals surface area contributed by atoms with Crippen molar-refractivity contribution in [3.63, 3.8) is 0 Å². The van der Waals surface area contributed by atoms with Gasteiger partial charge in [0.2, 0.25) is 0 Å². The zero-order valence-corrected chi connectivity index (χ0v) is 13.5. The van der Waals surface area contributed by atoms with E-state index in [0.717, 1.165) is 24.4 Å². The first-order valence-electron chi connectivity index (χ1n) is 7.71. The minimum atomic E-state index is -2.62. The number of halogens is 2. The quantitative estimate of drug-likeness (QED) is 0.869. The largest absolute Gasteiger partial charge is 0.338 e. The number of aromatic nitrogens is 2. The molecule has 1 aliphatic rings. The van der Waals surface area contributed by atoms with E-state index in [4.69, 9.17) is 0 Å². The highest BCUT2D eigenvalue weighted by molar-refractivity contribution is 5.74. The Labute approximate surface area is 129 Å². The number of aryl methyl sites for hydroxylation is 2. The summed E-state index contributed by atoms with van der Waals surface area (Å²) in [6.07, 6.45) is 0.272. The van der Waals surface area contributed by atoms with Crippen LogP contribution in [0.4, 0.5) is 13.6 Å². The number of alkyl halides is 2. The fourth-order valence-corrected chi connectivity index (χ4v) is 2.58. The highest BCUT2D eigenvalue weighted by atomic mass is 19.3. The first-order chi connectivity index (χ1) is 10.3. The van der Waals surface area contributed by atoms with Gasteiger partial charge >= 0.3 is 6.03 Å². The molecule has 5 nitrogen and oxygen atoms in total. The predicted octanol–water partition coefficient (Wildman–Crippen LogP) is 2.64. The van der Waals surface area contributed by atoms with Crippen LogP contribution < -0.4 is 5.32 Å². The third-order valence-corrected chi connectivity index (χ3v) is 4.35. The molecule has 0 bridgehead atoms. The van der Waals surface area contributed by atoms with Gasteiger partial charge in [-0.2, -0.15) is 5.10 Å². The number of hydrogen-bond donors (Lipinski definition) is 1. The Bertz CT molecular complexity index is 532. The van der Waals surface area contributed by atoms with Gasteiger partial charge in [-0.15, -0.1) is 0 Å². The molecule has 7 heteroatoms. The van der Waals surface area contributed by atoms with Crippen LogP contribution in [0.2, 0.25) is 0 Å². The van der Waals surface area contributed by atoms with Gasteiger partial charge in [-0.3, -0.25) is 4.68 Å². The Kier molecular flexibility index (Phi) is 5.03. The molecule has 0 saturated carbocycles. The summed E-state index contributed by atoms with van der Waals surface area (Å²) in [5.41, 5.74) is 3.36. The normalized spacial score (nSPS) is 17.6. The molecule has 1 N–H and O–H groups in total. The molecule has 1 aliphatic heterocycles. The number of hydrogen-bond acceptors (Lipinski definition) is 2. The van der Waals surface area contributed by atoms with E-state index in [1.165, 1.54) is 10.5 Å². The standard InChI is InChI=1S/C15H24F2N4O/c1-11-12(2)19-21(13(11)3)8-4-7-18-14(22)20-9-5-15(16,17)6-10-20/h4-10H2,1-3H3,(H,18,22). The van der Waals surface area contributed by atoms with Gasteiger partial charge in [0.25, 0.3) is 5.92 Å². The molecule has 0 aliphatic carbocycles. The van der Waals surface area contributed by atoms with Crippen LogP contribution in [0, 0.1) is 20.8 Å². The Hall–Kier alpha value is -1.66. The minimum Gasteiger partial charge on any atom is -0.338 e. The fourth-order valence-electron chi connectivity index (χ4n) is 2.58. The lowest BCUT2D eigenvalue weighted by Crippen LogP contribution is -2.47. The van der Waals surface area contributed by atoms with Crippen molar-refractivity contribution in [2.75, 3.05) is 19.6 Å². The van der Waals surface area contributed by atoms with Crippen LogP contribution in [0.1, 0.15) is 36.2 Å². The van der Waals surface area contributed by atoms with Crippen molar-refractivity contribution >= 4 is 6.03 Å². The lowest BCUT2D eigenvalue weighted by Gasteiger charge is -2.31. The second-order valence-electron chi connectivity index (χ2n) is 5.95. The molecular weight excluding hydrogens is 290 g/mol. The number of piperidine rings is 1. The average Bonchev–Trinajstić information content (AvgIpc) is 2.70. The van der Waals surface area contributed by atoms with Crippen LogP contribution in [-0.2, 0) is 6.54 Å². The lowest BCUT2D eigenvalue weighted by molar-refractivity contribution is -0.0469. The summed E-state index contributed by atoms with van der Waals surface area (Å²) in [6.45, 7) is 7.55. The summed E-state index contributed by atoms with van der Waals surface area (Å²) in [5.74, 6) is -2.62. The number of likely N-dealkylation sites (tertiary alicyclic amines) is 1. The predicted molar refractivity (Wildman–Crippen MR) is 80.2 cm³/mol. The highest BCUT2D eigenvalue weighted by Crippen LogP contribution is 2.27. The molecule has 0 spiro atoms. The number of amides is 2. The van der Waals surface area contributed by atoms with Crippen LogP contribution in [0.15, 0.2) is 0 Å². The summed E-state index contributed by atoms with van der Waals surface area (Å²) < 4.78 is 28.0. The number of carbonyl (C=O) groups is 1. The van der Waals surface area contributed by atoms with Gasteiger partial charge in [0.15, 0.2) is 0 Å². The van der Waals surface area contributed by atoms with Gasteiger partial charge in [0.05, 0.1) is 5.69 Å². The van der Waals surface area contributed by atoms with Crippen molar-refractivity contribution in [2.45, 2.75) is 52.5 Å². The van der Waals surface area contributed by atoms with E-state index in [1.807, 2.05) is 25.5 Å². The van der Waals surface area contributed by atoms with Gasteiger partial charge in [-0.1, -0.05) is 0 Å². The van der Waals surface area contributed by atoms with E-state index in [9.17, 15) is 13.6 Å². The van der Waals surface area contributed by atoms with Gasteiger partial charge in [-0.25, -0.2) is 13.6 Å². The molecule has 124 valence electrons. The molecule has 22 heavy (non-hydrogen) atoms. The number of carbonyl (C=O) groups excluding carboxylic acids is 1. The maximum atomic E-state index is 13.0. The minimum absolute atomic E-state index is 0.121. The maximum Gasteiger partial charge on any atom is 0.317 e. The highest BCUT2D eigenvalue weighted by Gasteiger charge is 2.35. The van der Waals surface area contributed by atoms with E-state index in [2.05, 4.69) is 10.4 Å². The number of urea groups is 1. The van der Waals surface area contributed by atoms with Crippen molar-refractivity contribution < 1.29 is 13.6 Å². The monoisotopic (exact) mass is 314 g/mol. The zero-order valence-electron chi connectivity index (χ0n) is 13.5. The molecule has 0 atom stereocenters. The Morgan fingerprint density at radius 2 is 1.91 bits per heavy atom. The van der Waals surface area contributed by atoms with Crippen LogP contribution in [-0.4, -0.2) is 46.3 Å². The zero-order chi connectivity index (χ0) is 16.3. The Morgan fingerprint density at radius 1 is 1.27 bits per heavy atom. The summed E-state index contributed by atoms with van der Waals surface area (Å²) in [5, 5.41) is 7.23. The summed E-state index contributed by atoms with van der Waals surface area (Å²) in [7, 11) is 0. The number of rotatable bonds is 4. The lowest BCUT2D eigenvalue weighted by atomic mass is 10.1. The molecule has 0 radical (unpaired) electrons. The molecule has 2 amide bonds. The van der Waals surface area contributed by atoms with Crippen molar-refractivity contribution in [1.82, 2.24) is 20.0 Å². The summed E-state index contributed by atoms with van der Waals surface area (Å²) >= 11 is 0. The van der Waals surface area contributed by atoms with Crippen molar-refractivity contribution in [3.05, 3.63) is 17.0 Å². The Balaban J connectivity index is 1.70. The van der Waals surface area contributed by atoms with Gasteiger partial charge < -0.3 is 10.2 Å². The molecule has 0 unspecified atom stereocenters. The second-order valence-corrected chi connectivity index (χ2v) is 5.95. The molecular formula is C15H24F2N4O. The SMILES string of the molecule is Cc1nn(CCCNC(=O)N2CCC(F)(F)CC2)c(C)c1C. The van der Waals surface area contributed by atoms with Crippen molar-refractivity contribution in [3.8, 4) is 0 Å². The average molecular weight is 314 g/mol. The van der Waals surface area contributed by atoms with Crippen LogP contribution >= 0.6 is 0 Å². The first-order valence-corrected chi connectivity index (χ1v) is 7.71. The van der Waals surface area contributed by atoms with Crippen LogP contribution in [0.3, 0.4) is 0 Å². The molecule has 1 aromatic rings. The first kappa shape index (κ1) is 16.7. The van der Waals surface area contributed by atoms with Gasteiger partial charge in [0, 0.05) is 44.7 Å². The summed E-state index contributed by atoms with van der Waals surface area (Å²) in [4.78, 5) is 13.4. The molecule has 1 aromatic heterocycles. The van der Waals surface area contributed by atoms with E-state index < -0.39 is 5.92 Å². The van der Waals surface area contributed by atoms with Gasteiger partial charge in [0.1, 0.15) is 0 Å². The summed E-state index contributed by atoms with van der Waals surface area (Å²) in [6, 6.07) is -0.250. The second kappa shape index (κ2) is 6.62. The topological polar surface area (TPSA) is 50.2 Å². The van der Waals surface area contributed by atoms with Crippen LogP contribution in [0.25, 0.3) is 0 Å². The van der Waals surface area contributed by atoms with Crippen molar-refractivity contribution in [1.29, 1.82) is 0 Å². The van der Waals surface area contributed by atoms with Crippen molar-refractivity contribution in [2.24, 2.45) is 0 Å². The van der Waals surface area contributed by atoms with E-state index in [1.54, 1.807) is 0 Å². The molecule has 0 aromatic carbocycles. The molecule has 2 heterocycles. The smallest absolute Gasteiger partial charge is 0.317 e. The molecule has 2 rings (SSSR count). The Morgan fingerprint density at radius 3 is 2.45 bits per heavy atom. The van der Waals surface area contributed by atoms with E-state index >= 15 is 0 Å².